The molecule has 5 heteroatoms. The van der Waals surface area contributed by atoms with Crippen molar-refractivity contribution in [2.75, 3.05) is 11.9 Å². The number of nitrogens with zero attached hydrogens (tertiary/aromatic N) is 1. The Kier molecular flexibility index (Phi) is 4.69. The highest BCUT2D eigenvalue weighted by Crippen LogP contribution is 2.10. The van der Waals surface area contributed by atoms with Crippen LogP contribution >= 0.6 is 0 Å². The van der Waals surface area contributed by atoms with Crippen LogP contribution in [-0.4, -0.2) is 23.3 Å². The van der Waals surface area contributed by atoms with Crippen LogP contribution in [0.25, 0.3) is 0 Å². The Balaban J connectivity index is 2.52. The fourth-order valence-electron chi connectivity index (χ4n) is 1.24. The number of aliphatic hydroxyl groups is 1. The molecule has 2 amide bonds. The lowest BCUT2D eigenvalue weighted by atomic mass is 10.0. The van der Waals surface area contributed by atoms with Crippen LogP contribution in [0.15, 0.2) is 24.3 Å². The third-order valence-electron chi connectivity index (χ3n) is 2.64. The highest BCUT2D eigenvalue weighted by atomic mass is 16.3. The van der Waals surface area contributed by atoms with E-state index in [1.54, 1.807) is 31.2 Å². The van der Waals surface area contributed by atoms with E-state index in [-0.39, 0.29) is 6.54 Å². The second-order valence-electron chi connectivity index (χ2n) is 4.35. The fraction of sp³-hybridized carbons (Fsp3) is 0.385. The number of hydrogen-bond acceptors (Lipinski definition) is 3. The van der Waals surface area contributed by atoms with Crippen molar-refractivity contribution in [3.05, 3.63) is 29.8 Å². The van der Waals surface area contributed by atoms with E-state index in [2.05, 4.69) is 10.6 Å². The van der Waals surface area contributed by atoms with Crippen LogP contribution in [0.1, 0.15) is 25.8 Å². The molecular formula is C13H17N3O2. The fourth-order valence-corrected chi connectivity index (χ4v) is 1.24. The topological polar surface area (TPSA) is 85.2 Å². The Labute approximate surface area is 106 Å². The molecule has 0 unspecified atom stereocenters. The number of carbonyl (C=O) groups is 1. The van der Waals surface area contributed by atoms with Gasteiger partial charge in [-0.15, -0.1) is 0 Å². The zero-order valence-electron chi connectivity index (χ0n) is 10.5. The van der Waals surface area contributed by atoms with Crippen molar-refractivity contribution in [3.8, 4) is 6.07 Å². The maximum Gasteiger partial charge on any atom is 0.319 e. The van der Waals surface area contributed by atoms with Crippen molar-refractivity contribution < 1.29 is 9.90 Å². The molecule has 0 aromatic heterocycles. The molecule has 0 heterocycles. The molecule has 0 saturated carbocycles. The minimum atomic E-state index is -0.911. The first-order chi connectivity index (χ1) is 8.46. The number of amides is 2. The quantitative estimate of drug-likeness (QED) is 0.759. The number of urea groups is 1. The maximum absolute atomic E-state index is 11.6. The van der Waals surface area contributed by atoms with Gasteiger partial charge in [-0.05, 0) is 31.5 Å². The summed E-state index contributed by atoms with van der Waals surface area (Å²) in [6.07, 6.45) is 0.553. The number of carbonyl (C=O) groups excluding carboxylic acids is 1. The standard InChI is InChI=1S/C13H17N3O2/c1-3-13(2,18)9-15-12(17)16-11-6-4-5-10(7-11)8-14/h4-7,18H,3,9H2,1-2H3,(H2,15,16,17)/t13-/m1/s1. The van der Waals surface area contributed by atoms with E-state index < -0.39 is 11.6 Å². The van der Waals surface area contributed by atoms with Crippen LogP contribution in [0, 0.1) is 11.3 Å². The Hall–Kier alpha value is -2.06. The van der Waals surface area contributed by atoms with Crippen LogP contribution in [0.3, 0.4) is 0 Å². The monoisotopic (exact) mass is 247 g/mol. The highest BCUT2D eigenvalue weighted by molar-refractivity contribution is 5.89. The Morgan fingerprint density at radius 2 is 2.28 bits per heavy atom. The van der Waals surface area contributed by atoms with E-state index in [1.807, 2.05) is 13.0 Å². The molecule has 0 aliphatic heterocycles. The number of benzene rings is 1. The summed E-state index contributed by atoms with van der Waals surface area (Å²) in [6.45, 7) is 3.67. The van der Waals surface area contributed by atoms with Crippen molar-refractivity contribution in [3.63, 3.8) is 0 Å². The van der Waals surface area contributed by atoms with Gasteiger partial charge in [0.25, 0.3) is 0 Å². The first-order valence-electron chi connectivity index (χ1n) is 5.74. The van der Waals surface area contributed by atoms with Gasteiger partial charge in [-0.2, -0.15) is 5.26 Å². The molecule has 0 radical (unpaired) electrons. The molecule has 0 bridgehead atoms. The van der Waals surface area contributed by atoms with Crippen LogP contribution in [0.2, 0.25) is 0 Å². The second kappa shape index (κ2) is 6.03. The van der Waals surface area contributed by atoms with Gasteiger partial charge in [0.05, 0.1) is 17.2 Å². The summed E-state index contributed by atoms with van der Waals surface area (Å²) in [6, 6.07) is 8.21. The van der Waals surface area contributed by atoms with Crippen LogP contribution in [0.5, 0.6) is 0 Å². The van der Waals surface area contributed by atoms with Crippen molar-refractivity contribution in [1.82, 2.24) is 5.32 Å². The van der Waals surface area contributed by atoms with Gasteiger partial charge in [-0.25, -0.2) is 4.79 Å². The zero-order chi connectivity index (χ0) is 13.6. The summed E-state index contributed by atoms with van der Waals surface area (Å²) < 4.78 is 0. The number of rotatable bonds is 4. The third-order valence-corrected chi connectivity index (χ3v) is 2.64. The van der Waals surface area contributed by atoms with Crippen LogP contribution in [0.4, 0.5) is 10.5 Å². The molecule has 1 rings (SSSR count). The van der Waals surface area contributed by atoms with Crippen molar-refractivity contribution in [2.24, 2.45) is 0 Å². The van der Waals surface area contributed by atoms with E-state index in [0.717, 1.165) is 0 Å². The highest BCUT2D eigenvalue weighted by Gasteiger charge is 2.18. The molecule has 0 aliphatic rings. The van der Waals surface area contributed by atoms with Gasteiger partial charge in [0, 0.05) is 12.2 Å². The summed E-state index contributed by atoms with van der Waals surface area (Å²) in [4.78, 5) is 11.6. The number of hydrogen-bond donors (Lipinski definition) is 3. The van der Waals surface area contributed by atoms with Gasteiger partial charge in [0.15, 0.2) is 0 Å². The summed E-state index contributed by atoms with van der Waals surface area (Å²) in [5.74, 6) is 0. The SMILES string of the molecule is CC[C@@](C)(O)CNC(=O)Nc1cccc(C#N)c1. The van der Waals surface area contributed by atoms with E-state index in [4.69, 9.17) is 5.26 Å². The molecule has 3 N–H and O–H groups in total. The Morgan fingerprint density at radius 1 is 1.56 bits per heavy atom. The van der Waals surface area contributed by atoms with Crippen molar-refractivity contribution >= 4 is 11.7 Å². The molecule has 1 aromatic rings. The van der Waals surface area contributed by atoms with E-state index >= 15 is 0 Å². The predicted molar refractivity (Wildman–Crippen MR) is 69.1 cm³/mol. The molecule has 0 fully saturated rings. The Bertz CT molecular complexity index is 464. The van der Waals surface area contributed by atoms with E-state index in [9.17, 15) is 9.90 Å². The predicted octanol–water partition coefficient (Wildman–Crippen LogP) is 1.84. The lowest BCUT2D eigenvalue weighted by Gasteiger charge is -2.21. The first-order valence-corrected chi connectivity index (χ1v) is 5.74. The summed E-state index contributed by atoms with van der Waals surface area (Å²) >= 11 is 0. The van der Waals surface area contributed by atoms with Crippen LogP contribution < -0.4 is 10.6 Å². The van der Waals surface area contributed by atoms with E-state index in [0.29, 0.717) is 17.7 Å². The van der Waals surface area contributed by atoms with Gasteiger partial charge in [0.1, 0.15) is 0 Å². The molecule has 5 nitrogen and oxygen atoms in total. The maximum atomic E-state index is 11.6. The van der Waals surface area contributed by atoms with Gasteiger partial charge in [0.2, 0.25) is 0 Å². The summed E-state index contributed by atoms with van der Waals surface area (Å²) in [7, 11) is 0. The molecule has 0 saturated heterocycles. The molecule has 96 valence electrons. The number of nitriles is 1. The molecule has 18 heavy (non-hydrogen) atoms. The normalized spacial score (nSPS) is 13.2. The van der Waals surface area contributed by atoms with Gasteiger partial charge >= 0.3 is 6.03 Å². The molecular weight excluding hydrogens is 230 g/mol. The lowest BCUT2D eigenvalue weighted by molar-refractivity contribution is 0.0587. The summed E-state index contributed by atoms with van der Waals surface area (Å²) in [5, 5.41) is 23.6. The summed E-state index contributed by atoms with van der Waals surface area (Å²) in [5.41, 5.74) is 0.113. The molecule has 0 aliphatic carbocycles. The second-order valence-corrected chi connectivity index (χ2v) is 4.35. The minimum absolute atomic E-state index is 0.174. The van der Waals surface area contributed by atoms with Gasteiger partial charge in [-0.3, -0.25) is 0 Å². The molecule has 1 atom stereocenters. The molecule has 0 spiro atoms. The van der Waals surface area contributed by atoms with Crippen molar-refractivity contribution in [2.45, 2.75) is 25.9 Å². The van der Waals surface area contributed by atoms with Crippen molar-refractivity contribution in [1.29, 1.82) is 5.26 Å². The third kappa shape index (κ3) is 4.44. The number of anilines is 1. The number of nitrogens with one attached hydrogen (secondary N) is 2. The largest absolute Gasteiger partial charge is 0.388 e. The minimum Gasteiger partial charge on any atom is -0.388 e. The lowest BCUT2D eigenvalue weighted by Crippen LogP contribution is -2.41. The smallest absolute Gasteiger partial charge is 0.319 e. The van der Waals surface area contributed by atoms with Gasteiger partial charge < -0.3 is 15.7 Å². The van der Waals surface area contributed by atoms with Gasteiger partial charge in [-0.1, -0.05) is 13.0 Å². The van der Waals surface area contributed by atoms with Crippen LogP contribution in [-0.2, 0) is 0 Å². The Morgan fingerprint density at radius 3 is 2.89 bits per heavy atom. The first kappa shape index (κ1) is 14.0. The molecule has 1 aromatic carbocycles. The average Bonchev–Trinajstić information content (AvgIpc) is 2.37. The average molecular weight is 247 g/mol. The van der Waals surface area contributed by atoms with E-state index in [1.165, 1.54) is 0 Å². The zero-order valence-corrected chi connectivity index (χ0v) is 10.5.